The lowest BCUT2D eigenvalue weighted by Gasteiger charge is -2.17. The Kier molecular flexibility index (Phi) is 5.87. The van der Waals surface area contributed by atoms with Gasteiger partial charge in [0.05, 0.1) is 0 Å². The fourth-order valence-electron chi connectivity index (χ4n) is 1.52. The number of amides is 2. The van der Waals surface area contributed by atoms with Crippen LogP contribution in [-0.2, 0) is 11.2 Å². The molecule has 1 atom stereocenters. The highest BCUT2D eigenvalue weighted by Crippen LogP contribution is 2.18. The van der Waals surface area contributed by atoms with Crippen molar-refractivity contribution in [2.45, 2.75) is 40.2 Å². The molecule has 1 heterocycles. The number of anilines is 1. The SMILES string of the molecule is CC(C)Cc1nnc(NC(=O)NC(C(=O)O)C(C)C)s1. The number of aliphatic carboxylic acids is 1. The molecule has 0 saturated carbocycles. The Morgan fingerprint density at radius 3 is 2.40 bits per heavy atom. The Bertz CT molecular complexity index is 473. The zero-order valence-corrected chi connectivity index (χ0v) is 12.8. The summed E-state index contributed by atoms with van der Waals surface area (Å²) in [7, 11) is 0. The van der Waals surface area contributed by atoms with E-state index >= 15 is 0 Å². The Balaban J connectivity index is 2.57. The lowest BCUT2D eigenvalue weighted by Crippen LogP contribution is -2.46. The topological polar surface area (TPSA) is 104 Å². The molecule has 1 aromatic heterocycles. The maximum absolute atomic E-state index is 11.7. The molecule has 0 aromatic carbocycles. The zero-order chi connectivity index (χ0) is 15.3. The highest BCUT2D eigenvalue weighted by Gasteiger charge is 2.23. The molecule has 0 aliphatic heterocycles. The van der Waals surface area contributed by atoms with E-state index in [9.17, 15) is 9.59 Å². The molecule has 3 N–H and O–H groups in total. The maximum atomic E-state index is 11.7. The van der Waals surface area contributed by atoms with Crippen LogP contribution in [-0.4, -0.2) is 33.3 Å². The van der Waals surface area contributed by atoms with E-state index in [4.69, 9.17) is 5.11 Å². The fourth-order valence-corrected chi connectivity index (χ4v) is 2.47. The average molecular weight is 300 g/mol. The molecule has 0 radical (unpaired) electrons. The van der Waals surface area contributed by atoms with Crippen molar-refractivity contribution in [1.82, 2.24) is 15.5 Å². The third-order valence-corrected chi connectivity index (χ3v) is 3.35. The Hall–Kier alpha value is -1.70. The second-order valence-electron chi connectivity index (χ2n) is 5.26. The first-order valence-corrected chi connectivity index (χ1v) is 7.24. The highest BCUT2D eigenvalue weighted by atomic mass is 32.1. The normalized spacial score (nSPS) is 12.5. The van der Waals surface area contributed by atoms with Crippen LogP contribution >= 0.6 is 11.3 Å². The minimum absolute atomic E-state index is 0.204. The lowest BCUT2D eigenvalue weighted by atomic mass is 10.1. The molecule has 112 valence electrons. The van der Waals surface area contributed by atoms with Crippen molar-refractivity contribution < 1.29 is 14.7 Å². The molecule has 7 nitrogen and oxygen atoms in total. The summed E-state index contributed by atoms with van der Waals surface area (Å²) in [4.78, 5) is 22.7. The summed E-state index contributed by atoms with van der Waals surface area (Å²) in [5.41, 5.74) is 0. The van der Waals surface area contributed by atoms with Crippen LogP contribution in [0.3, 0.4) is 0 Å². The molecule has 0 bridgehead atoms. The molecular weight excluding hydrogens is 280 g/mol. The van der Waals surface area contributed by atoms with E-state index in [0.717, 1.165) is 11.4 Å². The van der Waals surface area contributed by atoms with E-state index in [1.807, 2.05) is 0 Å². The molecule has 0 fully saturated rings. The van der Waals surface area contributed by atoms with Gasteiger partial charge in [-0.15, -0.1) is 10.2 Å². The third-order valence-electron chi connectivity index (χ3n) is 2.49. The van der Waals surface area contributed by atoms with Crippen LogP contribution in [0.15, 0.2) is 0 Å². The molecule has 0 aliphatic rings. The molecule has 1 aromatic rings. The zero-order valence-electron chi connectivity index (χ0n) is 12.0. The van der Waals surface area contributed by atoms with Crippen molar-refractivity contribution in [1.29, 1.82) is 0 Å². The van der Waals surface area contributed by atoms with Gasteiger partial charge in [0.2, 0.25) is 5.13 Å². The van der Waals surface area contributed by atoms with Gasteiger partial charge in [0.1, 0.15) is 11.0 Å². The first-order valence-electron chi connectivity index (χ1n) is 6.42. The number of hydrogen-bond donors (Lipinski definition) is 3. The van der Waals surface area contributed by atoms with Crippen molar-refractivity contribution >= 4 is 28.5 Å². The van der Waals surface area contributed by atoms with Gasteiger partial charge in [0.15, 0.2) is 0 Å². The second-order valence-corrected chi connectivity index (χ2v) is 6.32. The molecule has 2 amide bonds. The quantitative estimate of drug-likeness (QED) is 0.745. The summed E-state index contributed by atoms with van der Waals surface area (Å²) in [6.45, 7) is 7.60. The third kappa shape index (κ3) is 5.12. The van der Waals surface area contributed by atoms with Crippen LogP contribution in [0.2, 0.25) is 0 Å². The second kappa shape index (κ2) is 7.18. The van der Waals surface area contributed by atoms with Crippen LogP contribution in [0.25, 0.3) is 0 Å². The number of hydrogen-bond acceptors (Lipinski definition) is 5. The van der Waals surface area contributed by atoms with Gasteiger partial charge in [-0.05, 0) is 11.8 Å². The summed E-state index contributed by atoms with van der Waals surface area (Å²) in [5, 5.41) is 22.9. The van der Waals surface area contributed by atoms with Gasteiger partial charge in [-0.3, -0.25) is 5.32 Å². The van der Waals surface area contributed by atoms with E-state index in [-0.39, 0.29) is 5.92 Å². The minimum Gasteiger partial charge on any atom is -0.480 e. The number of carbonyl (C=O) groups is 2. The van der Waals surface area contributed by atoms with Gasteiger partial charge < -0.3 is 10.4 Å². The molecule has 0 aliphatic carbocycles. The molecule has 1 rings (SSSR count). The lowest BCUT2D eigenvalue weighted by molar-refractivity contribution is -0.140. The van der Waals surface area contributed by atoms with Crippen molar-refractivity contribution in [3.8, 4) is 0 Å². The monoisotopic (exact) mass is 300 g/mol. The summed E-state index contributed by atoms with van der Waals surface area (Å²) in [6, 6.07) is -1.52. The Morgan fingerprint density at radius 1 is 1.25 bits per heavy atom. The minimum atomic E-state index is -1.06. The predicted octanol–water partition coefficient (Wildman–Crippen LogP) is 1.97. The molecule has 0 saturated heterocycles. The number of nitrogens with one attached hydrogen (secondary N) is 2. The van der Waals surface area contributed by atoms with Gasteiger partial charge in [-0.25, -0.2) is 9.59 Å². The Morgan fingerprint density at radius 2 is 1.90 bits per heavy atom. The van der Waals surface area contributed by atoms with E-state index in [1.165, 1.54) is 11.3 Å². The number of nitrogens with zero attached hydrogens (tertiary/aromatic N) is 2. The van der Waals surface area contributed by atoms with Crippen LogP contribution < -0.4 is 10.6 Å². The van der Waals surface area contributed by atoms with Gasteiger partial charge in [-0.1, -0.05) is 39.0 Å². The Labute approximate surface area is 121 Å². The number of carbonyl (C=O) groups excluding carboxylic acids is 1. The number of carboxylic acids is 1. The number of carboxylic acid groups (broad SMARTS) is 1. The molecule has 1 unspecified atom stereocenters. The maximum Gasteiger partial charge on any atom is 0.326 e. The molecule has 0 spiro atoms. The predicted molar refractivity (Wildman–Crippen MR) is 76.9 cm³/mol. The molecule has 20 heavy (non-hydrogen) atoms. The van der Waals surface area contributed by atoms with Crippen LogP contribution in [0, 0.1) is 11.8 Å². The van der Waals surface area contributed by atoms with E-state index in [0.29, 0.717) is 11.0 Å². The van der Waals surface area contributed by atoms with Crippen molar-refractivity contribution in [2.24, 2.45) is 11.8 Å². The summed E-state index contributed by atoms with van der Waals surface area (Å²) in [6.07, 6.45) is 0.796. The van der Waals surface area contributed by atoms with E-state index < -0.39 is 18.0 Å². The number of urea groups is 1. The molecule has 8 heteroatoms. The van der Waals surface area contributed by atoms with Crippen molar-refractivity contribution in [2.75, 3.05) is 5.32 Å². The van der Waals surface area contributed by atoms with Crippen LogP contribution in [0.4, 0.5) is 9.93 Å². The first kappa shape index (κ1) is 16.4. The van der Waals surface area contributed by atoms with E-state index in [1.54, 1.807) is 13.8 Å². The fraction of sp³-hybridized carbons (Fsp3) is 0.667. The van der Waals surface area contributed by atoms with Gasteiger partial charge >= 0.3 is 12.0 Å². The van der Waals surface area contributed by atoms with Crippen molar-refractivity contribution in [3.63, 3.8) is 0 Å². The summed E-state index contributed by atoms with van der Waals surface area (Å²) >= 11 is 1.29. The average Bonchev–Trinajstić information content (AvgIpc) is 2.71. The van der Waals surface area contributed by atoms with Crippen molar-refractivity contribution in [3.05, 3.63) is 5.01 Å². The van der Waals surface area contributed by atoms with Gasteiger partial charge in [-0.2, -0.15) is 0 Å². The first-order chi connectivity index (χ1) is 9.29. The standard InChI is InChI=1S/C12H20N4O3S/c1-6(2)5-8-15-16-12(20-8)14-11(19)13-9(7(3)4)10(17)18/h6-7,9H,5H2,1-4H3,(H,17,18)(H2,13,14,16,19). The van der Waals surface area contributed by atoms with Crippen LogP contribution in [0.1, 0.15) is 32.7 Å². The summed E-state index contributed by atoms with van der Waals surface area (Å²) in [5.74, 6) is -0.806. The number of rotatable bonds is 6. The van der Waals surface area contributed by atoms with Gasteiger partial charge in [0, 0.05) is 6.42 Å². The van der Waals surface area contributed by atoms with Gasteiger partial charge in [0.25, 0.3) is 0 Å². The highest BCUT2D eigenvalue weighted by molar-refractivity contribution is 7.15. The largest absolute Gasteiger partial charge is 0.480 e. The van der Waals surface area contributed by atoms with E-state index in [2.05, 4.69) is 34.7 Å². The smallest absolute Gasteiger partial charge is 0.326 e. The number of aromatic nitrogens is 2. The summed E-state index contributed by atoms with van der Waals surface area (Å²) < 4.78 is 0. The van der Waals surface area contributed by atoms with Crippen LogP contribution in [0.5, 0.6) is 0 Å². The molecular formula is C12H20N4O3S.